The summed E-state index contributed by atoms with van der Waals surface area (Å²) in [6, 6.07) is 13.4. The fourth-order valence-electron chi connectivity index (χ4n) is 4.91. The Morgan fingerprint density at radius 2 is 1.37 bits per heavy atom. The molecule has 0 heterocycles. The van der Waals surface area contributed by atoms with Gasteiger partial charge in [0.05, 0.1) is 13.2 Å². The summed E-state index contributed by atoms with van der Waals surface area (Å²) in [5, 5.41) is 28.5. The van der Waals surface area contributed by atoms with Gasteiger partial charge in [0.25, 0.3) is 0 Å². The number of hydrogen-bond donors (Lipinski definition) is 3. The van der Waals surface area contributed by atoms with Crippen LogP contribution < -0.4 is 0 Å². The van der Waals surface area contributed by atoms with Crippen molar-refractivity contribution in [2.75, 3.05) is 0 Å². The van der Waals surface area contributed by atoms with Crippen LogP contribution in [0.15, 0.2) is 54.6 Å². The highest BCUT2D eigenvalue weighted by molar-refractivity contribution is 5.73. The van der Waals surface area contributed by atoms with E-state index in [1.165, 1.54) is 30.3 Å². The maximum atomic E-state index is 16.1. The molecule has 3 nitrogen and oxygen atoms in total. The summed E-state index contributed by atoms with van der Waals surface area (Å²) >= 11 is 0. The Labute approximate surface area is 217 Å². The standard InChI is InChI=1S/C29H30F6O3/c1-3-7-23-18(2)14-25(20-8-5-4-6-9-20)26(27(30,28(31,32)33)29(34,35)38)24(23)13-11-19-10-12-21(16-36)22(15-19)17-37/h4-6,8-10,12,14-15,36-38H,3,7,11,13,16-17H2,1-2H3. The second-order valence-electron chi connectivity index (χ2n) is 9.31. The summed E-state index contributed by atoms with van der Waals surface area (Å²) in [4.78, 5) is 0. The Kier molecular flexibility index (Phi) is 8.96. The minimum atomic E-state index is -6.14. The SMILES string of the molecule is CCCc1c(C)cc(-c2ccccc2)c(C(F)(C(O)(F)F)C(F)(F)F)c1CCc1ccc(CO)c(CO)c1. The van der Waals surface area contributed by atoms with Crippen LogP contribution in [-0.4, -0.2) is 27.6 Å². The van der Waals surface area contributed by atoms with Crippen molar-refractivity contribution in [1.82, 2.24) is 0 Å². The summed E-state index contributed by atoms with van der Waals surface area (Å²) in [5.41, 5.74) is -4.95. The number of alkyl halides is 6. The average Bonchev–Trinajstić information content (AvgIpc) is 2.87. The highest BCUT2D eigenvalue weighted by Crippen LogP contribution is 2.55. The second-order valence-corrected chi connectivity index (χ2v) is 9.31. The van der Waals surface area contributed by atoms with Crippen molar-refractivity contribution in [3.8, 4) is 11.1 Å². The van der Waals surface area contributed by atoms with Crippen LogP contribution in [0.2, 0.25) is 0 Å². The highest BCUT2D eigenvalue weighted by Gasteiger charge is 2.73. The number of aliphatic hydroxyl groups is 3. The molecule has 0 spiro atoms. The average molecular weight is 541 g/mol. The lowest BCUT2D eigenvalue weighted by atomic mass is 9.77. The van der Waals surface area contributed by atoms with Crippen molar-refractivity contribution in [2.45, 2.75) is 70.7 Å². The van der Waals surface area contributed by atoms with E-state index >= 15 is 4.39 Å². The minimum Gasteiger partial charge on any atom is -0.392 e. The molecule has 38 heavy (non-hydrogen) atoms. The van der Waals surface area contributed by atoms with Gasteiger partial charge in [-0.05, 0) is 70.7 Å². The summed E-state index contributed by atoms with van der Waals surface area (Å²) < 4.78 is 87.6. The molecule has 0 aliphatic heterocycles. The molecule has 3 aromatic carbocycles. The maximum absolute atomic E-state index is 16.1. The van der Waals surface area contributed by atoms with Gasteiger partial charge in [-0.1, -0.05) is 67.9 Å². The number of rotatable bonds is 10. The minimum absolute atomic E-state index is 0.0328. The maximum Gasteiger partial charge on any atom is 0.435 e. The normalized spacial score (nSPS) is 14.0. The number of hydrogen-bond acceptors (Lipinski definition) is 3. The van der Waals surface area contributed by atoms with E-state index < -0.39 is 30.1 Å². The third-order valence-corrected chi connectivity index (χ3v) is 6.78. The molecule has 0 amide bonds. The van der Waals surface area contributed by atoms with E-state index in [0.717, 1.165) is 0 Å². The molecule has 0 aromatic heterocycles. The van der Waals surface area contributed by atoms with Crippen LogP contribution in [0, 0.1) is 6.92 Å². The molecule has 0 bridgehead atoms. The van der Waals surface area contributed by atoms with Gasteiger partial charge in [0.1, 0.15) is 0 Å². The number of aliphatic hydroxyl groups excluding tert-OH is 2. The van der Waals surface area contributed by atoms with E-state index in [0.29, 0.717) is 34.2 Å². The number of halogens is 6. The van der Waals surface area contributed by atoms with Crippen LogP contribution in [0.4, 0.5) is 26.3 Å². The molecular formula is C29H30F6O3. The molecular weight excluding hydrogens is 510 g/mol. The topological polar surface area (TPSA) is 60.7 Å². The molecule has 3 rings (SSSR count). The van der Waals surface area contributed by atoms with Gasteiger partial charge in [-0.3, -0.25) is 0 Å². The summed E-state index contributed by atoms with van der Waals surface area (Å²) in [6.45, 7) is 2.68. The van der Waals surface area contributed by atoms with Crippen LogP contribution in [0.1, 0.15) is 52.3 Å². The third-order valence-electron chi connectivity index (χ3n) is 6.78. The van der Waals surface area contributed by atoms with Crippen molar-refractivity contribution in [2.24, 2.45) is 0 Å². The highest BCUT2D eigenvalue weighted by atomic mass is 19.4. The van der Waals surface area contributed by atoms with Crippen LogP contribution in [0.5, 0.6) is 0 Å². The molecule has 9 heteroatoms. The van der Waals surface area contributed by atoms with Crippen molar-refractivity contribution >= 4 is 0 Å². The lowest BCUT2D eigenvalue weighted by molar-refractivity contribution is -0.375. The summed E-state index contributed by atoms with van der Waals surface area (Å²) in [7, 11) is 0. The van der Waals surface area contributed by atoms with Crippen molar-refractivity contribution < 1.29 is 41.7 Å². The molecule has 0 radical (unpaired) electrons. The van der Waals surface area contributed by atoms with Gasteiger partial charge in [-0.25, -0.2) is 4.39 Å². The lowest BCUT2D eigenvalue weighted by Crippen LogP contribution is -2.53. The molecule has 0 saturated carbocycles. The second kappa shape index (κ2) is 11.5. The van der Waals surface area contributed by atoms with Crippen LogP contribution >= 0.6 is 0 Å². The van der Waals surface area contributed by atoms with Crippen LogP contribution in [-0.2, 0) is 38.1 Å². The lowest BCUT2D eigenvalue weighted by Gasteiger charge is -2.36. The molecule has 0 aliphatic carbocycles. The van der Waals surface area contributed by atoms with Crippen molar-refractivity contribution in [3.05, 3.63) is 93.5 Å². The van der Waals surface area contributed by atoms with Gasteiger partial charge in [-0.15, -0.1) is 0 Å². The molecule has 0 aliphatic rings. The molecule has 1 atom stereocenters. The number of benzene rings is 3. The summed E-state index contributed by atoms with van der Waals surface area (Å²) in [5.74, 6) is 0. The van der Waals surface area contributed by atoms with Gasteiger partial charge in [0, 0.05) is 5.56 Å². The zero-order valence-corrected chi connectivity index (χ0v) is 21.0. The Morgan fingerprint density at radius 1 is 0.737 bits per heavy atom. The van der Waals surface area contributed by atoms with Gasteiger partial charge >= 0.3 is 18.0 Å². The van der Waals surface area contributed by atoms with E-state index in [1.807, 2.05) is 0 Å². The summed E-state index contributed by atoms with van der Waals surface area (Å²) in [6.07, 6.45) is -11.5. The predicted octanol–water partition coefficient (Wildman–Crippen LogP) is 6.70. The molecule has 3 aromatic rings. The van der Waals surface area contributed by atoms with E-state index in [4.69, 9.17) is 0 Å². The van der Waals surface area contributed by atoms with Gasteiger partial charge in [0.2, 0.25) is 0 Å². The van der Waals surface area contributed by atoms with Crippen molar-refractivity contribution in [1.29, 1.82) is 0 Å². The first-order valence-electron chi connectivity index (χ1n) is 12.2. The van der Waals surface area contributed by atoms with E-state index in [-0.39, 0.29) is 42.6 Å². The van der Waals surface area contributed by atoms with E-state index in [1.54, 1.807) is 38.1 Å². The first-order valence-corrected chi connectivity index (χ1v) is 12.2. The largest absolute Gasteiger partial charge is 0.435 e. The first kappa shape index (κ1) is 29.7. The predicted molar refractivity (Wildman–Crippen MR) is 132 cm³/mol. The van der Waals surface area contributed by atoms with Crippen molar-refractivity contribution in [3.63, 3.8) is 0 Å². The van der Waals surface area contributed by atoms with Gasteiger partial charge in [-0.2, -0.15) is 22.0 Å². The molecule has 3 N–H and O–H groups in total. The zero-order valence-electron chi connectivity index (χ0n) is 21.0. The fourth-order valence-corrected chi connectivity index (χ4v) is 4.91. The van der Waals surface area contributed by atoms with Gasteiger partial charge < -0.3 is 15.3 Å². The Morgan fingerprint density at radius 3 is 1.89 bits per heavy atom. The van der Waals surface area contributed by atoms with Crippen LogP contribution in [0.3, 0.4) is 0 Å². The molecule has 0 saturated heterocycles. The monoisotopic (exact) mass is 540 g/mol. The Hall–Kier alpha value is -2.88. The molecule has 0 fully saturated rings. The Bertz CT molecular complexity index is 1240. The smallest absolute Gasteiger partial charge is 0.392 e. The Balaban J connectivity index is 2.36. The quantitative estimate of drug-likeness (QED) is 0.251. The van der Waals surface area contributed by atoms with E-state index in [2.05, 4.69) is 0 Å². The third kappa shape index (κ3) is 5.60. The fraction of sp³-hybridized carbons (Fsp3) is 0.379. The van der Waals surface area contributed by atoms with E-state index in [9.17, 15) is 37.3 Å². The zero-order chi connectivity index (χ0) is 28.3. The number of aryl methyl sites for hydroxylation is 2. The van der Waals surface area contributed by atoms with Crippen LogP contribution in [0.25, 0.3) is 11.1 Å². The molecule has 1 unspecified atom stereocenters. The molecule has 206 valence electrons. The first-order chi connectivity index (χ1) is 17.8. The van der Waals surface area contributed by atoms with Gasteiger partial charge in [0.15, 0.2) is 0 Å².